The van der Waals surface area contributed by atoms with Crippen LogP contribution in [-0.4, -0.2) is 60.5 Å². The summed E-state index contributed by atoms with van der Waals surface area (Å²) in [6.07, 6.45) is -4.15. The van der Waals surface area contributed by atoms with E-state index in [1.807, 2.05) is 54.6 Å². The smallest absolute Gasteiger partial charge is 0.217 e. The van der Waals surface area contributed by atoms with Gasteiger partial charge in [0.05, 0.1) is 26.9 Å². The molecule has 0 saturated carbocycles. The van der Waals surface area contributed by atoms with Crippen LogP contribution < -0.4 is 10.1 Å². The van der Waals surface area contributed by atoms with Crippen molar-refractivity contribution >= 4 is 5.91 Å². The first kappa shape index (κ1) is 23.2. The number of amides is 1. The SMILES string of the molecule is COc1ccc(COC[C@H]2O[C@H](O)[C@@H](NC(C)=O)[C@@H](OCc3ccccc3)[C@@H]2O)cc1. The van der Waals surface area contributed by atoms with Gasteiger partial charge >= 0.3 is 0 Å². The molecule has 1 heterocycles. The lowest BCUT2D eigenvalue weighted by atomic mass is 9.96. The number of hydrogen-bond acceptors (Lipinski definition) is 7. The van der Waals surface area contributed by atoms with Crippen LogP contribution in [-0.2, 0) is 32.2 Å². The summed E-state index contributed by atoms with van der Waals surface area (Å²) in [5.74, 6) is 0.391. The second-order valence-corrected chi connectivity index (χ2v) is 7.41. The van der Waals surface area contributed by atoms with E-state index in [1.54, 1.807) is 7.11 Å². The zero-order valence-electron chi connectivity index (χ0n) is 17.6. The zero-order valence-corrected chi connectivity index (χ0v) is 17.6. The Bertz CT molecular complexity index is 814. The highest BCUT2D eigenvalue weighted by molar-refractivity contribution is 5.73. The van der Waals surface area contributed by atoms with Crippen molar-refractivity contribution in [1.29, 1.82) is 0 Å². The molecule has 1 aliphatic heterocycles. The molecule has 1 amide bonds. The van der Waals surface area contributed by atoms with Gasteiger partial charge in [-0.2, -0.15) is 0 Å². The Labute approximate surface area is 181 Å². The van der Waals surface area contributed by atoms with Crippen LogP contribution >= 0.6 is 0 Å². The summed E-state index contributed by atoms with van der Waals surface area (Å²) in [6.45, 7) is 1.89. The number of methoxy groups -OCH3 is 1. The molecule has 0 spiro atoms. The third kappa shape index (κ3) is 6.49. The van der Waals surface area contributed by atoms with E-state index in [2.05, 4.69) is 5.32 Å². The van der Waals surface area contributed by atoms with Gasteiger partial charge in [-0.3, -0.25) is 4.79 Å². The predicted molar refractivity (Wildman–Crippen MR) is 112 cm³/mol. The minimum Gasteiger partial charge on any atom is -0.497 e. The van der Waals surface area contributed by atoms with Crippen molar-refractivity contribution in [2.45, 2.75) is 50.8 Å². The number of aliphatic hydroxyl groups is 2. The standard InChI is InChI=1S/C23H29NO7/c1-15(25)24-20-22(30-13-16-6-4-3-5-7-16)21(26)19(31-23(20)27)14-29-12-17-8-10-18(28-2)11-9-17/h3-11,19-23,26-27H,12-14H2,1-2H3,(H,24,25)/t19-,20+,21-,22-,23+/m1/s1. The fourth-order valence-electron chi connectivity index (χ4n) is 3.44. The molecule has 1 saturated heterocycles. The monoisotopic (exact) mass is 431 g/mol. The van der Waals surface area contributed by atoms with Crippen molar-refractivity contribution in [3.05, 3.63) is 65.7 Å². The van der Waals surface area contributed by atoms with Crippen LogP contribution in [0.15, 0.2) is 54.6 Å². The van der Waals surface area contributed by atoms with Crippen molar-refractivity contribution in [2.24, 2.45) is 0 Å². The molecule has 31 heavy (non-hydrogen) atoms. The van der Waals surface area contributed by atoms with Crippen molar-refractivity contribution < 1.29 is 34.0 Å². The summed E-state index contributed by atoms with van der Waals surface area (Å²) < 4.78 is 22.3. The normalized spacial score (nSPS) is 25.7. The molecule has 8 heteroatoms. The van der Waals surface area contributed by atoms with Crippen molar-refractivity contribution in [3.63, 3.8) is 0 Å². The van der Waals surface area contributed by atoms with Crippen LogP contribution in [0.25, 0.3) is 0 Å². The highest BCUT2D eigenvalue weighted by Crippen LogP contribution is 2.24. The highest BCUT2D eigenvalue weighted by atomic mass is 16.6. The second-order valence-electron chi connectivity index (χ2n) is 7.41. The first-order valence-corrected chi connectivity index (χ1v) is 10.1. The van der Waals surface area contributed by atoms with Crippen LogP contribution in [0, 0.1) is 0 Å². The Hall–Kier alpha value is -2.49. The molecule has 2 aromatic carbocycles. The molecule has 168 valence electrons. The maximum absolute atomic E-state index is 11.6. The van der Waals surface area contributed by atoms with Gasteiger partial charge in [-0.05, 0) is 23.3 Å². The number of carbonyl (C=O) groups excluding carboxylic acids is 1. The van der Waals surface area contributed by atoms with Gasteiger partial charge < -0.3 is 34.5 Å². The summed E-state index contributed by atoms with van der Waals surface area (Å²) in [5, 5.41) is 23.9. The molecular weight excluding hydrogens is 402 g/mol. The van der Waals surface area contributed by atoms with Crippen LogP contribution in [0.2, 0.25) is 0 Å². The van der Waals surface area contributed by atoms with Gasteiger partial charge in [0.2, 0.25) is 5.91 Å². The molecule has 1 fully saturated rings. The summed E-state index contributed by atoms with van der Waals surface area (Å²) >= 11 is 0. The van der Waals surface area contributed by atoms with E-state index in [0.29, 0.717) is 6.61 Å². The van der Waals surface area contributed by atoms with E-state index in [0.717, 1.165) is 16.9 Å². The molecule has 8 nitrogen and oxygen atoms in total. The number of rotatable bonds is 9. The first-order valence-electron chi connectivity index (χ1n) is 10.1. The largest absolute Gasteiger partial charge is 0.497 e. The van der Waals surface area contributed by atoms with Gasteiger partial charge in [0.1, 0.15) is 30.1 Å². The molecule has 5 atom stereocenters. The van der Waals surface area contributed by atoms with E-state index in [4.69, 9.17) is 18.9 Å². The maximum atomic E-state index is 11.6. The zero-order chi connectivity index (χ0) is 22.2. The minimum atomic E-state index is -1.34. The highest BCUT2D eigenvalue weighted by Gasteiger charge is 2.46. The maximum Gasteiger partial charge on any atom is 0.217 e. The van der Waals surface area contributed by atoms with E-state index in [-0.39, 0.29) is 19.1 Å². The lowest BCUT2D eigenvalue weighted by Gasteiger charge is -2.42. The van der Waals surface area contributed by atoms with Gasteiger partial charge in [-0.25, -0.2) is 0 Å². The number of ether oxygens (including phenoxy) is 4. The minimum absolute atomic E-state index is 0.0439. The van der Waals surface area contributed by atoms with Gasteiger partial charge in [0.15, 0.2) is 6.29 Å². The number of carbonyl (C=O) groups is 1. The second kappa shape index (κ2) is 11.2. The molecule has 2 aromatic rings. The van der Waals surface area contributed by atoms with E-state index >= 15 is 0 Å². The average molecular weight is 431 g/mol. The molecule has 0 unspecified atom stereocenters. The first-order chi connectivity index (χ1) is 15.0. The number of hydrogen-bond donors (Lipinski definition) is 3. The Balaban J connectivity index is 1.61. The molecular formula is C23H29NO7. The Morgan fingerprint density at radius 3 is 2.35 bits per heavy atom. The van der Waals surface area contributed by atoms with Crippen molar-refractivity contribution in [2.75, 3.05) is 13.7 Å². The van der Waals surface area contributed by atoms with Crippen LogP contribution in [0.3, 0.4) is 0 Å². The Kier molecular flexibility index (Phi) is 8.39. The quantitative estimate of drug-likeness (QED) is 0.551. The number of aliphatic hydroxyl groups excluding tert-OH is 2. The topological polar surface area (TPSA) is 106 Å². The number of nitrogens with one attached hydrogen (secondary N) is 1. The van der Waals surface area contributed by atoms with E-state index < -0.39 is 30.6 Å². The molecule has 0 radical (unpaired) electrons. The summed E-state index contributed by atoms with van der Waals surface area (Å²) in [7, 11) is 1.60. The van der Waals surface area contributed by atoms with E-state index in [1.165, 1.54) is 6.92 Å². The molecule has 0 aromatic heterocycles. The summed E-state index contributed by atoms with van der Waals surface area (Å²) in [6, 6.07) is 16.0. The average Bonchev–Trinajstić information content (AvgIpc) is 2.77. The molecule has 3 N–H and O–H groups in total. The fraction of sp³-hybridized carbons (Fsp3) is 0.435. The summed E-state index contributed by atoms with van der Waals surface area (Å²) in [5.41, 5.74) is 1.84. The Morgan fingerprint density at radius 1 is 1.03 bits per heavy atom. The molecule has 1 aliphatic rings. The summed E-state index contributed by atoms with van der Waals surface area (Å²) in [4.78, 5) is 11.6. The third-order valence-corrected chi connectivity index (χ3v) is 5.06. The van der Waals surface area contributed by atoms with Crippen LogP contribution in [0.5, 0.6) is 5.75 Å². The van der Waals surface area contributed by atoms with Gasteiger partial charge in [-0.1, -0.05) is 42.5 Å². The molecule has 0 aliphatic carbocycles. The Morgan fingerprint density at radius 2 is 1.71 bits per heavy atom. The van der Waals surface area contributed by atoms with Crippen molar-refractivity contribution in [1.82, 2.24) is 5.32 Å². The third-order valence-electron chi connectivity index (χ3n) is 5.06. The lowest BCUT2D eigenvalue weighted by Crippen LogP contribution is -2.64. The fourth-order valence-corrected chi connectivity index (χ4v) is 3.44. The predicted octanol–water partition coefficient (Wildman–Crippen LogP) is 1.38. The van der Waals surface area contributed by atoms with Crippen LogP contribution in [0.4, 0.5) is 0 Å². The van der Waals surface area contributed by atoms with Gasteiger partial charge in [0.25, 0.3) is 0 Å². The van der Waals surface area contributed by atoms with Crippen molar-refractivity contribution in [3.8, 4) is 5.75 Å². The van der Waals surface area contributed by atoms with E-state index in [9.17, 15) is 15.0 Å². The van der Waals surface area contributed by atoms with Gasteiger partial charge in [-0.15, -0.1) is 0 Å². The van der Waals surface area contributed by atoms with Gasteiger partial charge in [0, 0.05) is 6.92 Å². The molecule has 0 bridgehead atoms. The number of benzene rings is 2. The lowest BCUT2D eigenvalue weighted by molar-refractivity contribution is -0.266. The van der Waals surface area contributed by atoms with Crippen LogP contribution in [0.1, 0.15) is 18.1 Å². The molecule has 3 rings (SSSR count).